The van der Waals surface area contributed by atoms with Gasteiger partial charge in [-0.2, -0.15) is 23.5 Å². The minimum Gasteiger partial charge on any atom is -0.383 e. The molecule has 2 aromatic heterocycles. The monoisotopic (exact) mass is 600 g/mol. The Labute approximate surface area is 250 Å². The van der Waals surface area contributed by atoms with Crippen LogP contribution in [0.25, 0.3) is 22.3 Å². The number of alkyl halides is 3. The second kappa shape index (κ2) is 11.4. The van der Waals surface area contributed by atoms with Gasteiger partial charge in [-0.05, 0) is 68.0 Å². The third kappa shape index (κ3) is 5.83. The summed E-state index contributed by atoms with van der Waals surface area (Å²) >= 11 is 0. The third-order valence-electron chi connectivity index (χ3n) is 7.81. The first-order valence-corrected chi connectivity index (χ1v) is 14.1. The Kier molecular flexibility index (Phi) is 7.50. The number of rotatable bonds is 6. The van der Waals surface area contributed by atoms with Gasteiger partial charge in [0.2, 0.25) is 0 Å². The molecular formula is C31H27F3N8O2. The predicted molar refractivity (Wildman–Crippen MR) is 156 cm³/mol. The van der Waals surface area contributed by atoms with Gasteiger partial charge in [-0.25, -0.2) is 14.6 Å². The number of carbonyl (C=O) groups excluding carboxylic acids is 2. The van der Waals surface area contributed by atoms with E-state index in [4.69, 9.17) is 10.8 Å². The molecule has 1 aliphatic carbocycles. The van der Waals surface area contributed by atoms with E-state index in [0.717, 1.165) is 49.9 Å². The van der Waals surface area contributed by atoms with Crippen molar-refractivity contribution in [2.45, 2.75) is 37.9 Å². The Balaban J connectivity index is 1.24. The number of allylic oxidation sites excluding steroid dienone is 1. The number of nitrogens with one attached hydrogen (secondary N) is 1. The molecule has 1 saturated carbocycles. The smallest absolute Gasteiger partial charge is 0.383 e. The van der Waals surface area contributed by atoms with Crippen molar-refractivity contribution in [1.29, 1.82) is 5.26 Å². The van der Waals surface area contributed by atoms with Crippen LogP contribution in [-0.2, 0) is 11.0 Å². The van der Waals surface area contributed by atoms with Crippen LogP contribution in [0.3, 0.4) is 0 Å². The molecule has 4 aromatic rings. The van der Waals surface area contributed by atoms with Gasteiger partial charge in [0.15, 0.2) is 5.65 Å². The fourth-order valence-electron chi connectivity index (χ4n) is 5.34. The molecule has 2 aromatic carbocycles. The second-order valence-electron chi connectivity index (χ2n) is 10.9. The molecule has 1 aliphatic heterocycles. The van der Waals surface area contributed by atoms with Crippen molar-refractivity contribution in [3.05, 3.63) is 77.6 Å². The summed E-state index contributed by atoms with van der Waals surface area (Å²) < 4.78 is 40.3. The van der Waals surface area contributed by atoms with Crippen molar-refractivity contribution < 1.29 is 22.8 Å². The zero-order valence-corrected chi connectivity index (χ0v) is 23.4. The largest absolute Gasteiger partial charge is 0.416 e. The average molecular weight is 601 g/mol. The van der Waals surface area contributed by atoms with E-state index >= 15 is 0 Å². The number of nitrogens with two attached hydrogens (primary N) is 1. The number of carbonyl (C=O) groups is 2. The Bertz CT molecular complexity index is 1800. The normalized spacial score (nSPS) is 17.4. The highest BCUT2D eigenvalue weighted by molar-refractivity contribution is 6.04. The highest BCUT2D eigenvalue weighted by Gasteiger charge is 2.32. The predicted octanol–water partition coefficient (Wildman–Crippen LogP) is 5.37. The number of nitrogens with zero attached hydrogens (tertiary/aromatic N) is 6. The molecule has 0 unspecified atom stereocenters. The average Bonchev–Trinajstić information content (AvgIpc) is 3.76. The summed E-state index contributed by atoms with van der Waals surface area (Å²) in [5, 5.41) is 17.7. The fraction of sp³-hybridized carbons (Fsp3) is 0.290. The fourth-order valence-corrected chi connectivity index (χ4v) is 5.34. The van der Waals surface area contributed by atoms with Crippen LogP contribution in [-0.4, -0.2) is 49.6 Å². The molecule has 2 fully saturated rings. The summed E-state index contributed by atoms with van der Waals surface area (Å²) in [7, 11) is 0. The van der Waals surface area contributed by atoms with Crippen LogP contribution < -0.4 is 11.1 Å². The molecule has 2 aliphatic rings. The van der Waals surface area contributed by atoms with Gasteiger partial charge in [0.25, 0.3) is 11.8 Å². The minimum atomic E-state index is -4.49. The number of amides is 2. The summed E-state index contributed by atoms with van der Waals surface area (Å²) in [6, 6.07) is 12.6. The van der Waals surface area contributed by atoms with Crippen LogP contribution in [0.1, 0.15) is 47.6 Å². The first-order chi connectivity index (χ1) is 21.1. The maximum atomic E-state index is 13.2. The Morgan fingerprint density at radius 3 is 2.43 bits per heavy atom. The van der Waals surface area contributed by atoms with Gasteiger partial charge in [-0.3, -0.25) is 9.59 Å². The zero-order valence-electron chi connectivity index (χ0n) is 23.4. The van der Waals surface area contributed by atoms with Crippen LogP contribution in [0.4, 0.5) is 24.7 Å². The van der Waals surface area contributed by atoms with E-state index < -0.39 is 17.6 Å². The second-order valence-corrected chi connectivity index (χ2v) is 10.9. The number of benzene rings is 2. The summed E-state index contributed by atoms with van der Waals surface area (Å²) in [6.45, 7) is 0.902. The first kappa shape index (κ1) is 28.9. The molecule has 224 valence electrons. The van der Waals surface area contributed by atoms with E-state index in [1.807, 2.05) is 0 Å². The lowest BCUT2D eigenvalue weighted by Gasteiger charge is -2.32. The molecule has 6 rings (SSSR count). The van der Waals surface area contributed by atoms with Gasteiger partial charge in [0.1, 0.15) is 29.5 Å². The molecule has 13 heteroatoms. The topological polar surface area (TPSA) is 143 Å². The molecule has 0 bridgehead atoms. The van der Waals surface area contributed by atoms with Crippen LogP contribution >= 0.6 is 0 Å². The molecular weight excluding hydrogens is 573 g/mol. The number of fused-ring (bicyclic) bond motifs is 1. The van der Waals surface area contributed by atoms with Crippen LogP contribution in [0.2, 0.25) is 0 Å². The molecule has 2 amide bonds. The summed E-state index contributed by atoms with van der Waals surface area (Å²) in [5.41, 5.74) is 7.85. The summed E-state index contributed by atoms with van der Waals surface area (Å²) in [5.74, 6) is -0.291. The standard InChI is InChI=1S/C31H27F3N8O2/c32-31(33,34)22-9-5-20(6-10-22)29(43)39-23-11-7-19(8-12-23)26-25-27(36)37-17-38-28(25)42(40-26)24-2-1-13-41(16-24)30(44)21(15-35)14-18-3-4-18/h5-12,14,17-18,24H,1-4,13,16H2,(H,39,43)(H2,36,37,38)/b21-14-/t24-/m1/s1. The number of likely N-dealkylation sites (tertiary alicyclic amines) is 1. The first-order valence-electron chi connectivity index (χ1n) is 14.1. The summed E-state index contributed by atoms with van der Waals surface area (Å²) in [4.78, 5) is 36.1. The molecule has 1 atom stereocenters. The lowest BCUT2D eigenvalue weighted by molar-refractivity contribution is -0.137. The van der Waals surface area contributed by atoms with Crippen LogP contribution in [0.5, 0.6) is 0 Å². The third-order valence-corrected chi connectivity index (χ3v) is 7.81. The van der Waals surface area contributed by atoms with Crippen LogP contribution in [0, 0.1) is 17.2 Å². The lowest BCUT2D eigenvalue weighted by Crippen LogP contribution is -2.41. The minimum absolute atomic E-state index is 0.0849. The SMILES string of the molecule is N#C/C(=C/C1CC1)C(=O)N1CCC[C@@H](n2nc(-c3ccc(NC(=O)c4ccc(C(F)(F)F)cc4)cc3)c3c(N)ncnc32)C1. The maximum Gasteiger partial charge on any atom is 0.416 e. The lowest BCUT2D eigenvalue weighted by atomic mass is 10.0. The highest BCUT2D eigenvalue weighted by Crippen LogP contribution is 2.35. The highest BCUT2D eigenvalue weighted by atomic mass is 19.4. The van der Waals surface area contributed by atoms with E-state index in [9.17, 15) is 28.0 Å². The van der Waals surface area contributed by atoms with E-state index in [0.29, 0.717) is 47.0 Å². The van der Waals surface area contributed by atoms with Crippen molar-refractivity contribution in [1.82, 2.24) is 24.6 Å². The number of piperidine rings is 1. The molecule has 0 radical (unpaired) electrons. The Morgan fingerprint density at radius 1 is 1.05 bits per heavy atom. The van der Waals surface area contributed by atoms with Gasteiger partial charge in [-0.1, -0.05) is 18.2 Å². The van der Waals surface area contributed by atoms with Crippen molar-refractivity contribution in [3.63, 3.8) is 0 Å². The number of nitriles is 1. The number of hydrogen-bond donors (Lipinski definition) is 2. The van der Waals surface area contributed by atoms with Gasteiger partial charge >= 0.3 is 6.18 Å². The number of halogens is 3. The van der Waals surface area contributed by atoms with Crippen LogP contribution in [0.15, 0.2) is 66.5 Å². The van der Waals surface area contributed by atoms with E-state index in [-0.39, 0.29) is 28.9 Å². The molecule has 44 heavy (non-hydrogen) atoms. The van der Waals surface area contributed by atoms with Crippen molar-refractivity contribution in [2.75, 3.05) is 24.1 Å². The van der Waals surface area contributed by atoms with Crippen molar-refractivity contribution in [3.8, 4) is 17.3 Å². The van der Waals surface area contributed by atoms with Crippen molar-refractivity contribution in [2.24, 2.45) is 5.92 Å². The van der Waals surface area contributed by atoms with Gasteiger partial charge in [0, 0.05) is 29.9 Å². The number of aromatic nitrogens is 4. The zero-order chi connectivity index (χ0) is 31.0. The Hall–Kier alpha value is -5.25. The molecule has 3 N–H and O–H groups in total. The van der Waals surface area contributed by atoms with E-state index in [2.05, 4.69) is 21.4 Å². The number of anilines is 2. The molecule has 0 spiro atoms. The number of hydrogen-bond acceptors (Lipinski definition) is 7. The Morgan fingerprint density at radius 2 is 1.77 bits per heavy atom. The molecule has 1 saturated heterocycles. The van der Waals surface area contributed by atoms with Gasteiger partial charge < -0.3 is 16.0 Å². The van der Waals surface area contributed by atoms with E-state index in [1.165, 1.54) is 6.33 Å². The van der Waals surface area contributed by atoms with Crippen molar-refractivity contribution >= 4 is 34.4 Å². The van der Waals surface area contributed by atoms with Gasteiger partial charge in [-0.15, -0.1) is 0 Å². The molecule has 10 nitrogen and oxygen atoms in total. The maximum absolute atomic E-state index is 13.2. The van der Waals surface area contributed by atoms with E-state index in [1.54, 1.807) is 39.9 Å². The summed E-state index contributed by atoms with van der Waals surface area (Å²) in [6.07, 6.45) is 2.11. The van der Waals surface area contributed by atoms with Gasteiger partial charge in [0.05, 0.1) is 17.0 Å². The quantitative estimate of drug-likeness (QED) is 0.224. The molecule has 3 heterocycles. The number of nitrogen functional groups attached to an aromatic ring is 1.